The van der Waals surface area contributed by atoms with E-state index in [9.17, 15) is 4.79 Å². The second-order valence-electron chi connectivity index (χ2n) is 1.07. The molecule has 0 aromatic heterocycles. The molecule has 0 heterocycles. The van der Waals surface area contributed by atoms with E-state index in [-0.39, 0.29) is 29.5 Å². The third-order valence-electron chi connectivity index (χ3n) is 0.211. The third-order valence-corrected chi connectivity index (χ3v) is 0.211. The van der Waals surface area contributed by atoms with E-state index in [1.807, 2.05) is 0 Å². The van der Waals surface area contributed by atoms with Gasteiger partial charge in [-0.2, -0.15) is 0 Å². The predicted octanol–water partition coefficient (Wildman–Crippen LogP) is 0.124. The van der Waals surface area contributed by atoms with Gasteiger partial charge in [0.1, 0.15) is 0 Å². The van der Waals surface area contributed by atoms with Crippen molar-refractivity contribution in [1.29, 1.82) is 0 Å². The Kier molecular flexibility index (Phi) is 21.4. The zero-order valence-electron chi connectivity index (χ0n) is 4.14. The SMILES string of the molecule is CN(C)C=O.Cl.[Cu]. The molecule has 0 bridgehead atoms. The van der Waals surface area contributed by atoms with Gasteiger partial charge in [-0.3, -0.25) is 4.79 Å². The van der Waals surface area contributed by atoms with Crippen LogP contribution >= 0.6 is 12.4 Å². The van der Waals surface area contributed by atoms with Crippen molar-refractivity contribution in [3.05, 3.63) is 0 Å². The second-order valence-corrected chi connectivity index (χ2v) is 1.07. The summed E-state index contributed by atoms with van der Waals surface area (Å²) in [5, 5.41) is 0. The normalized spacial score (nSPS) is 4.86. The van der Waals surface area contributed by atoms with Crippen molar-refractivity contribution in [1.82, 2.24) is 4.90 Å². The number of amides is 1. The fraction of sp³-hybridized carbons (Fsp3) is 0.667. The topological polar surface area (TPSA) is 20.3 Å². The second kappa shape index (κ2) is 9.56. The number of rotatable bonds is 1. The summed E-state index contributed by atoms with van der Waals surface area (Å²) in [5.41, 5.74) is 0. The predicted molar refractivity (Wildman–Crippen MR) is 27.0 cm³/mol. The largest absolute Gasteiger partial charge is 0.351 e. The average molecular weight is 173 g/mol. The molecule has 7 heavy (non-hydrogen) atoms. The molecule has 1 amide bonds. The van der Waals surface area contributed by atoms with Crippen LogP contribution in [0.5, 0.6) is 0 Å². The molecular formula is C3H8ClCuNO. The number of nitrogens with zero attached hydrogens (tertiary/aromatic N) is 1. The van der Waals surface area contributed by atoms with Gasteiger partial charge in [-0.1, -0.05) is 0 Å². The average Bonchev–Trinajstić information content (AvgIpc) is 1.38. The number of halogens is 1. The molecule has 4 heteroatoms. The summed E-state index contributed by atoms with van der Waals surface area (Å²) in [5.74, 6) is 0. The number of carbonyl (C=O) groups excluding carboxylic acids is 1. The van der Waals surface area contributed by atoms with E-state index < -0.39 is 0 Å². The number of hydrogen-bond acceptors (Lipinski definition) is 1. The summed E-state index contributed by atoms with van der Waals surface area (Å²) in [7, 11) is 3.38. The van der Waals surface area contributed by atoms with Crippen LogP contribution < -0.4 is 0 Å². The van der Waals surface area contributed by atoms with Gasteiger partial charge < -0.3 is 4.90 Å². The van der Waals surface area contributed by atoms with E-state index in [4.69, 9.17) is 0 Å². The maximum Gasteiger partial charge on any atom is 0.209 e. The summed E-state index contributed by atoms with van der Waals surface area (Å²) in [6.45, 7) is 0. The minimum atomic E-state index is 0. The zero-order valence-corrected chi connectivity index (χ0v) is 5.90. The van der Waals surface area contributed by atoms with E-state index in [0.29, 0.717) is 0 Å². The van der Waals surface area contributed by atoms with Crippen molar-refractivity contribution in [2.24, 2.45) is 0 Å². The molecule has 0 aromatic carbocycles. The van der Waals surface area contributed by atoms with Crippen molar-refractivity contribution in [3.8, 4) is 0 Å². The molecule has 0 atom stereocenters. The maximum absolute atomic E-state index is 9.43. The van der Waals surface area contributed by atoms with Gasteiger partial charge in [0.05, 0.1) is 0 Å². The molecule has 0 aliphatic rings. The van der Waals surface area contributed by atoms with E-state index in [0.717, 1.165) is 6.41 Å². The maximum atomic E-state index is 9.43. The monoisotopic (exact) mass is 172 g/mol. The third kappa shape index (κ3) is 22.1. The Labute approximate surface area is 60.1 Å². The summed E-state index contributed by atoms with van der Waals surface area (Å²) in [6, 6.07) is 0. The summed E-state index contributed by atoms with van der Waals surface area (Å²) in [6.07, 6.45) is 0.750. The summed E-state index contributed by atoms with van der Waals surface area (Å²) >= 11 is 0. The Morgan fingerprint density at radius 3 is 1.57 bits per heavy atom. The molecule has 0 saturated carbocycles. The van der Waals surface area contributed by atoms with Crippen molar-refractivity contribution < 1.29 is 21.9 Å². The summed E-state index contributed by atoms with van der Waals surface area (Å²) in [4.78, 5) is 10.9. The van der Waals surface area contributed by atoms with Crippen LogP contribution in [-0.2, 0) is 21.9 Å². The molecule has 0 aromatic rings. The van der Waals surface area contributed by atoms with Crippen LogP contribution in [0.2, 0.25) is 0 Å². The molecule has 0 N–H and O–H groups in total. The van der Waals surface area contributed by atoms with Gasteiger partial charge in [-0.25, -0.2) is 0 Å². The molecule has 0 rings (SSSR count). The van der Waals surface area contributed by atoms with Crippen molar-refractivity contribution >= 4 is 18.8 Å². The van der Waals surface area contributed by atoms with E-state index >= 15 is 0 Å². The number of hydrogen-bond donors (Lipinski definition) is 0. The van der Waals surface area contributed by atoms with Gasteiger partial charge in [-0.05, 0) is 0 Å². The van der Waals surface area contributed by atoms with Crippen molar-refractivity contribution in [3.63, 3.8) is 0 Å². The first-order valence-electron chi connectivity index (χ1n) is 1.39. The molecule has 0 unspecified atom stereocenters. The smallest absolute Gasteiger partial charge is 0.209 e. The molecule has 1 radical (unpaired) electrons. The Balaban J connectivity index is -0.0000000800. The molecule has 0 aliphatic carbocycles. The zero-order chi connectivity index (χ0) is 4.28. The van der Waals surface area contributed by atoms with E-state index in [1.54, 1.807) is 14.1 Å². The van der Waals surface area contributed by atoms with Crippen LogP contribution in [0.4, 0.5) is 0 Å². The van der Waals surface area contributed by atoms with Gasteiger partial charge >= 0.3 is 0 Å². The standard InChI is InChI=1S/C3H7NO.ClH.Cu/c1-4(2)3-5;;/h3H,1-2H3;1H;. The van der Waals surface area contributed by atoms with Crippen LogP contribution in [0, 0.1) is 0 Å². The van der Waals surface area contributed by atoms with Gasteiger partial charge in [-0.15, -0.1) is 12.4 Å². The fourth-order valence-corrected chi connectivity index (χ4v) is 0. The van der Waals surface area contributed by atoms with Crippen LogP contribution in [-0.4, -0.2) is 25.4 Å². The van der Waals surface area contributed by atoms with E-state index in [2.05, 4.69) is 0 Å². The number of carbonyl (C=O) groups is 1. The molecule has 0 aliphatic heterocycles. The van der Waals surface area contributed by atoms with Crippen LogP contribution in [0.3, 0.4) is 0 Å². The first kappa shape index (κ1) is 15.7. The van der Waals surface area contributed by atoms with Crippen molar-refractivity contribution in [2.75, 3.05) is 14.1 Å². The molecule has 0 saturated heterocycles. The molecular weight excluding hydrogens is 165 g/mol. The van der Waals surface area contributed by atoms with Crippen molar-refractivity contribution in [2.45, 2.75) is 0 Å². The Morgan fingerprint density at radius 1 is 1.43 bits per heavy atom. The summed E-state index contributed by atoms with van der Waals surface area (Å²) < 4.78 is 0. The van der Waals surface area contributed by atoms with Gasteiger partial charge in [0.15, 0.2) is 0 Å². The molecule has 0 spiro atoms. The minimum Gasteiger partial charge on any atom is -0.351 e. The van der Waals surface area contributed by atoms with E-state index in [1.165, 1.54) is 4.90 Å². The first-order chi connectivity index (χ1) is 2.27. The van der Waals surface area contributed by atoms with Crippen LogP contribution in [0.15, 0.2) is 0 Å². The molecule has 2 nitrogen and oxygen atoms in total. The van der Waals surface area contributed by atoms with Crippen LogP contribution in [0.25, 0.3) is 0 Å². The van der Waals surface area contributed by atoms with Crippen LogP contribution in [0.1, 0.15) is 0 Å². The fourth-order valence-electron chi connectivity index (χ4n) is 0. The van der Waals surface area contributed by atoms with Gasteiger partial charge in [0.25, 0.3) is 0 Å². The first-order valence-corrected chi connectivity index (χ1v) is 1.39. The Hall–Kier alpha value is 0.279. The minimum absolute atomic E-state index is 0. The van der Waals surface area contributed by atoms with Gasteiger partial charge in [0, 0.05) is 31.2 Å². The molecule has 49 valence electrons. The molecule has 0 fully saturated rings. The van der Waals surface area contributed by atoms with Gasteiger partial charge in [0.2, 0.25) is 6.41 Å². The quantitative estimate of drug-likeness (QED) is 0.407. The Bertz CT molecular complexity index is 41.9. The Morgan fingerprint density at radius 2 is 1.57 bits per heavy atom.